The maximum absolute atomic E-state index is 12.9. The highest BCUT2D eigenvalue weighted by atomic mass is 32.2. The Labute approximate surface area is 192 Å². The molecule has 5 nitrogen and oxygen atoms in total. The molecule has 0 N–H and O–H groups in total. The third-order valence-corrected chi connectivity index (χ3v) is 6.36. The number of pyridine rings is 1. The highest BCUT2D eigenvalue weighted by Gasteiger charge is 2.24. The quantitative estimate of drug-likeness (QED) is 0.339. The van der Waals surface area contributed by atoms with E-state index >= 15 is 0 Å². The van der Waals surface area contributed by atoms with Crippen LogP contribution in [0.1, 0.15) is 39.5 Å². The van der Waals surface area contributed by atoms with Gasteiger partial charge in [0.1, 0.15) is 10.6 Å². The molecular weight excluding hydrogens is 420 g/mol. The van der Waals surface area contributed by atoms with Crippen molar-refractivity contribution in [2.24, 2.45) is 0 Å². The van der Waals surface area contributed by atoms with E-state index in [0.29, 0.717) is 11.5 Å². The Morgan fingerprint density at radius 2 is 1.56 bits per heavy atom. The first kappa shape index (κ1) is 23.8. The average molecular weight is 453 g/mol. The van der Waals surface area contributed by atoms with Crippen molar-refractivity contribution in [2.75, 3.05) is 24.2 Å². The fourth-order valence-corrected chi connectivity index (χ4v) is 4.36. The second-order valence-electron chi connectivity index (χ2n) is 7.92. The molecule has 1 aromatic heterocycles. The third-order valence-electron chi connectivity index (χ3n) is 5.26. The summed E-state index contributed by atoms with van der Waals surface area (Å²) in [5, 5.41) is 0. The fraction of sp³-hybridized carbons (Fsp3) is 0.346. The minimum absolute atomic E-state index is 0.178. The standard InChI is InChI=1S/C26H32N2O3S/c1-4-6-17-28(18-7-5-2)24-19-21(23-15-11-12-16-27-23)20-25(32(3,29)30)26(24)31-22-13-9-8-10-14-22/h8-16,19-20H,4-7,17-18H2,1-3H3. The van der Waals surface area contributed by atoms with Crippen LogP contribution < -0.4 is 9.64 Å². The predicted octanol–water partition coefficient (Wildman–Crippen LogP) is 6.35. The number of benzene rings is 2. The lowest BCUT2D eigenvalue weighted by Crippen LogP contribution is -2.26. The average Bonchev–Trinajstić information content (AvgIpc) is 2.80. The van der Waals surface area contributed by atoms with E-state index < -0.39 is 9.84 Å². The van der Waals surface area contributed by atoms with E-state index in [1.165, 1.54) is 6.26 Å². The van der Waals surface area contributed by atoms with Gasteiger partial charge in [-0.15, -0.1) is 0 Å². The lowest BCUT2D eigenvalue weighted by Gasteiger charge is -2.28. The molecule has 0 aliphatic heterocycles. The van der Waals surface area contributed by atoms with Crippen molar-refractivity contribution in [1.29, 1.82) is 0 Å². The third kappa shape index (κ3) is 6.10. The van der Waals surface area contributed by atoms with E-state index in [0.717, 1.165) is 55.7 Å². The molecule has 1 heterocycles. The molecule has 6 heteroatoms. The molecule has 2 aromatic carbocycles. The summed E-state index contributed by atoms with van der Waals surface area (Å²) in [6.45, 7) is 5.98. The number of aromatic nitrogens is 1. The molecular formula is C26H32N2O3S. The van der Waals surface area contributed by atoms with Gasteiger partial charge in [0.2, 0.25) is 0 Å². The maximum Gasteiger partial charge on any atom is 0.179 e. The molecule has 0 atom stereocenters. The van der Waals surface area contributed by atoms with Crippen LogP contribution in [-0.2, 0) is 9.84 Å². The Hall–Kier alpha value is -2.86. The molecule has 32 heavy (non-hydrogen) atoms. The van der Waals surface area contributed by atoms with Crippen molar-refractivity contribution >= 4 is 15.5 Å². The minimum Gasteiger partial charge on any atom is -0.454 e. The Kier molecular flexibility index (Phi) is 8.28. The first-order valence-electron chi connectivity index (χ1n) is 11.2. The number of hydrogen-bond acceptors (Lipinski definition) is 5. The normalized spacial score (nSPS) is 11.3. The van der Waals surface area contributed by atoms with Crippen molar-refractivity contribution in [1.82, 2.24) is 4.98 Å². The summed E-state index contributed by atoms with van der Waals surface area (Å²) < 4.78 is 32.1. The van der Waals surface area contributed by atoms with Crippen LogP contribution in [0.4, 0.5) is 5.69 Å². The SMILES string of the molecule is CCCCN(CCCC)c1cc(-c2ccccn2)cc(S(C)(=O)=O)c1Oc1ccccc1. The number of unbranched alkanes of at least 4 members (excludes halogenated alkanes) is 2. The molecule has 0 spiro atoms. The van der Waals surface area contributed by atoms with Gasteiger partial charge in [0.05, 0.1) is 11.4 Å². The first-order chi connectivity index (χ1) is 15.4. The second-order valence-corrected chi connectivity index (χ2v) is 9.90. The molecule has 3 aromatic rings. The van der Waals surface area contributed by atoms with E-state index in [9.17, 15) is 8.42 Å². The molecule has 170 valence electrons. The zero-order valence-corrected chi connectivity index (χ0v) is 19.9. The highest BCUT2D eigenvalue weighted by Crippen LogP contribution is 2.42. The Bertz CT molecular complexity index is 1090. The summed E-state index contributed by atoms with van der Waals surface area (Å²) >= 11 is 0. The number of nitrogens with zero attached hydrogens (tertiary/aromatic N) is 2. The lowest BCUT2D eigenvalue weighted by atomic mass is 10.1. The molecule has 0 amide bonds. The summed E-state index contributed by atoms with van der Waals surface area (Å²) in [6.07, 6.45) is 7.07. The van der Waals surface area contributed by atoms with E-state index in [4.69, 9.17) is 4.74 Å². The van der Waals surface area contributed by atoms with Gasteiger partial charge in [-0.2, -0.15) is 0 Å². The van der Waals surface area contributed by atoms with Gasteiger partial charge in [0, 0.05) is 31.1 Å². The van der Waals surface area contributed by atoms with Gasteiger partial charge in [0.25, 0.3) is 0 Å². The zero-order chi connectivity index (χ0) is 23.0. The number of sulfone groups is 1. The lowest BCUT2D eigenvalue weighted by molar-refractivity contribution is 0.465. The van der Waals surface area contributed by atoms with Crippen molar-refractivity contribution in [3.8, 4) is 22.8 Å². The van der Waals surface area contributed by atoms with Crippen LogP contribution in [0.2, 0.25) is 0 Å². The van der Waals surface area contributed by atoms with Gasteiger partial charge in [-0.1, -0.05) is 51.0 Å². The molecule has 0 aliphatic carbocycles. The fourth-order valence-electron chi connectivity index (χ4n) is 3.54. The van der Waals surface area contributed by atoms with Crippen LogP contribution in [-0.4, -0.2) is 32.7 Å². The van der Waals surface area contributed by atoms with E-state index in [2.05, 4.69) is 23.7 Å². The molecule has 0 saturated heterocycles. The van der Waals surface area contributed by atoms with Crippen LogP contribution in [0.5, 0.6) is 11.5 Å². The maximum atomic E-state index is 12.9. The largest absolute Gasteiger partial charge is 0.454 e. The molecule has 0 fully saturated rings. The number of rotatable bonds is 11. The predicted molar refractivity (Wildman–Crippen MR) is 131 cm³/mol. The summed E-state index contributed by atoms with van der Waals surface area (Å²) in [7, 11) is -3.56. The minimum atomic E-state index is -3.56. The van der Waals surface area contributed by atoms with E-state index in [1.807, 2.05) is 54.6 Å². The number of anilines is 1. The Balaban J connectivity index is 2.24. The van der Waals surface area contributed by atoms with Crippen LogP contribution in [0.15, 0.2) is 71.8 Å². The molecule has 0 bridgehead atoms. The van der Waals surface area contributed by atoms with Gasteiger partial charge in [0.15, 0.2) is 15.6 Å². The van der Waals surface area contributed by atoms with Crippen LogP contribution >= 0.6 is 0 Å². The number of ether oxygens (including phenoxy) is 1. The summed E-state index contributed by atoms with van der Waals surface area (Å²) in [4.78, 5) is 6.89. The van der Waals surface area contributed by atoms with Crippen LogP contribution in [0, 0.1) is 0 Å². The van der Waals surface area contributed by atoms with Gasteiger partial charge < -0.3 is 9.64 Å². The van der Waals surface area contributed by atoms with E-state index in [-0.39, 0.29) is 4.90 Å². The van der Waals surface area contributed by atoms with Crippen molar-refractivity contribution < 1.29 is 13.2 Å². The number of hydrogen-bond donors (Lipinski definition) is 0. The summed E-state index contributed by atoms with van der Waals surface area (Å²) in [6, 6.07) is 18.7. The molecule has 3 rings (SSSR count). The monoisotopic (exact) mass is 452 g/mol. The summed E-state index contributed by atoms with van der Waals surface area (Å²) in [5.41, 5.74) is 2.29. The topological polar surface area (TPSA) is 59.5 Å². The van der Waals surface area contributed by atoms with E-state index in [1.54, 1.807) is 12.3 Å². The molecule has 0 unspecified atom stereocenters. The molecule has 0 saturated carbocycles. The summed E-state index contributed by atoms with van der Waals surface area (Å²) in [5.74, 6) is 0.987. The van der Waals surface area contributed by atoms with Gasteiger partial charge in [-0.3, -0.25) is 4.98 Å². The first-order valence-corrected chi connectivity index (χ1v) is 13.1. The van der Waals surface area contributed by atoms with Crippen LogP contribution in [0.25, 0.3) is 11.3 Å². The Morgan fingerprint density at radius 3 is 2.12 bits per heavy atom. The zero-order valence-electron chi connectivity index (χ0n) is 19.1. The smallest absolute Gasteiger partial charge is 0.179 e. The highest BCUT2D eigenvalue weighted by molar-refractivity contribution is 7.90. The van der Waals surface area contributed by atoms with Crippen molar-refractivity contribution in [2.45, 2.75) is 44.4 Å². The molecule has 0 aliphatic rings. The van der Waals surface area contributed by atoms with Crippen molar-refractivity contribution in [3.63, 3.8) is 0 Å². The van der Waals surface area contributed by atoms with Crippen LogP contribution in [0.3, 0.4) is 0 Å². The van der Waals surface area contributed by atoms with Crippen molar-refractivity contribution in [3.05, 3.63) is 66.9 Å². The molecule has 0 radical (unpaired) electrons. The van der Waals surface area contributed by atoms with Gasteiger partial charge >= 0.3 is 0 Å². The van der Waals surface area contributed by atoms with Gasteiger partial charge in [-0.25, -0.2) is 8.42 Å². The van der Waals surface area contributed by atoms with Gasteiger partial charge in [-0.05, 0) is 49.2 Å². The second kappa shape index (κ2) is 11.1. The Morgan fingerprint density at radius 1 is 0.906 bits per heavy atom. The number of para-hydroxylation sites is 1.